The number of nitrogens with zero attached hydrogens (tertiary/aromatic N) is 4. The molecule has 0 spiro atoms. The van der Waals surface area contributed by atoms with Gasteiger partial charge < -0.3 is 5.73 Å². The molecule has 1 aromatic heterocycles. The van der Waals surface area contributed by atoms with E-state index in [-0.39, 0.29) is 0 Å². The Morgan fingerprint density at radius 1 is 1.35 bits per heavy atom. The quantitative estimate of drug-likeness (QED) is 0.781. The molecular weight excluding hydrogens is 214 g/mol. The van der Waals surface area contributed by atoms with Gasteiger partial charge in [-0.1, -0.05) is 0 Å². The summed E-state index contributed by atoms with van der Waals surface area (Å²) in [6, 6.07) is 0.856. The number of hydrogen-bond donors (Lipinski definition) is 1. The van der Waals surface area contributed by atoms with Crippen LogP contribution in [0.2, 0.25) is 0 Å². The minimum atomic E-state index is 0.357. The molecule has 0 saturated heterocycles. The lowest BCUT2D eigenvalue weighted by Gasteiger charge is -2.26. The van der Waals surface area contributed by atoms with Crippen molar-refractivity contribution in [2.75, 3.05) is 13.1 Å². The van der Waals surface area contributed by atoms with Gasteiger partial charge in [-0.05, 0) is 40.7 Å². The highest BCUT2D eigenvalue weighted by Gasteiger charge is 2.14. The van der Waals surface area contributed by atoms with Gasteiger partial charge >= 0.3 is 0 Å². The summed E-state index contributed by atoms with van der Waals surface area (Å²) in [4.78, 5) is 6.73. The molecule has 0 aliphatic rings. The number of hydrogen-bond acceptors (Lipinski definition) is 4. The first kappa shape index (κ1) is 14.1. The molecule has 0 aliphatic heterocycles. The maximum Gasteiger partial charge on any atom is 0.141 e. The van der Waals surface area contributed by atoms with E-state index in [4.69, 9.17) is 5.73 Å². The van der Waals surface area contributed by atoms with Gasteiger partial charge in [0.25, 0.3) is 0 Å². The van der Waals surface area contributed by atoms with Gasteiger partial charge in [0.2, 0.25) is 0 Å². The Hall–Kier alpha value is -0.940. The summed E-state index contributed by atoms with van der Waals surface area (Å²) in [5.74, 6) is 1.03. The molecule has 5 heteroatoms. The van der Waals surface area contributed by atoms with Gasteiger partial charge in [0.05, 0.1) is 6.54 Å². The fourth-order valence-electron chi connectivity index (χ4n) is 1.81. The van der Waals surface area contributed by atoms with Gasteiger partial charge in [0, 0.05) is 18.6 Å². The van der Waals surface area contributed by atoms with Gasteiger partial charge in [-0.15, -0.1) is 0 Å². The van der Waals surface area contributed by atoms with Crippen LogP contribution in [0.3, 0.4) is 0 Å². The van der Waals surface area contributed by atoms with Crippen molar-refractivity contribution in [2.24, 2.45) is 5.73 Å². The zero-order chi connectivity index (χ0) is 12.8. The second-order valence-corrected chi connectivity index (χ2v) is 4.92. The SMILES string of the molecule is CC(C)N(CCCN)Cc1ncnn1C(C)C. The summed E-state index contributed by atoms with van der Waals surface area (Å²) in [6.07, 6.45) is 2.66. The monoisotopic (exact) mass is 239 g/mol. The maximum absolute atomic E-state index is 5.57. The smallest absolute Gasteiger partial charge is 0.141 e. The Labute approximate surface area is 104 Å². The van der Waals surface area contributed by atoms with Crippen molar-refractivity contribution in [2.45, 2.75) is 52.7 Å². The molecule has 5 nitrogen and oxygen atoms in total. The largest absolute Gasteiger partial charge is 0.330 e. The summed E-state index contributed by atoms with van der Waals surface area (Å²) < 4.78 is 1.98. The fraction of sp³-hybridized carbons (Fsp3) is 0.833. The molecule has 0 radical (unpaired) electrons. The first-order valence-corrected chi connectivity index (χ1v) is 6.38. The average Bonchev–Trinajstić information content (AvgIpc) is 2.71. The third-order valence-corrected chi connectivity index (χ3v) is 2.86. The van der Waals surface area contributed by atoms with Crippen molar-refractivity contribution in [1.29, 1.82) is 0 Å². The number of nitrogens with two attached hydrogens (primary N) is 1. The second kappa shape index (κ2) is 6.71. The van der Waals surface area contributed by atoms with E-state index in [2.05, 4.69) is 42.7 Å². The topological polar surface area (TPSA) is 60.0 Å². The molecule has 0 aromatic carbocycles. The normalized spacial score (nSPS) is 12.0. The van der Waals surface area contributed by atoms with Crippen molar-refractivity contribution < 1.29 is 0 Å². The lowest BCUT2D eigenvalue weighted by atomic mass is 10.2. The van der Waals surface area contributed by atoms with E-state index in [1.165, 1.54) is 0 Å². The predicted molar refractivity (Wildman–Crippen MR) is 69.6 cm³/mol. The zero-order valence-electron chi connectivity index (χ0n) is 11.4. The van der Waals surface area contributed by atoms with Gasteiger partial charge in [-0.25, -0.2) is 9.67 Å². The summed E-state index contributed by atoms with van der Waals surface area (Å²) in [6.45, 7) is 11.2. The Morgan fingerprint density at radius 3 is 2.59 bits per heavy atom. The van der Waals surface area contributed by atoms with Gasteiger partial charge in [-0.2, -0.15) is 5.10 Å². The third kappa shape index (κ3) is 4.09. The second-order valence-electron chi connectivity index (χ2n) is 4.92. The van der Waals surface area contributed by atoms with E-state index in [1.54, 1.807) is 6.33 Å². The van der Waals surface area contributed by atoms with Crippen LogP contribution in [0.25, 0.3) is 0 Å². The van der Waals surface area contributed by atoms with Gasteiger partial charge in [0.15, 0.2) is 0 Å². The Morgan fingerprint density at radius 2 is 2.06 bits per heavy atom. The van der Waals surface area contributed by atoms with Crippen LogP contribution in [-0.4, -0.2) is 38.8 Å². The lowest BCUT2D eigenvalue weighted by molar-refractivity contribution is 0.201. The van der Waals surface area contributed by atoms with Crippen molar-refractivity contribution in [3.63, 3.8) is 0 Å². The minimum absolute atomic E-state index is 0.357. The molecule has 0 atom stereocenters. The Kier molecular flexibility index (Phi) is 5.58. The molecule has 1 rings (SSSR count). The number of rotatable bonds is 7. The molecule has 0 bridgehead atoms. The minimum Gasteiger partial charge on any atom is -0.330 e. The molecular formula is C12H25N5. The standard InChI is InChI=1S/C12H25N5/c1-10(2)16(7-5-6-13)8-12-14-9-15-17(12)11(3)4/h9-11H,5-8,13H2,1-4H3. The van der Waals surface area contributed by atoms with E-state index in [9.17, 15) is 0 Å². The van der Waals surface area contributed by atoms with Crippen molar-refractivity contribution in [3.8, 4) is 0 Å². The van der Waals surface area contributed by atoms with Gasteiger partial charge in [0.1, 0.15) is 12.2 Å². The molecule has 0 amide bonds. The van der Waals surface area contributed by atoms with E-state index >= 15 is 0 Å². The van der Waals surface area contributed by atoms with E-state index < -0.39 is 0 Å². The third-order valence-electron chi connectivity index (χ3n) is 2.86. The van der Waals surface area contributed by atoms with Crippen LogP contribution in [0.4, 0.5) is 0 Å². The molecule has 98 valence electrons. The fourth-order valence-corrected chi connectivity index (χ4v) is 1.81. The molecule has 0 aliphatic carbocycles. The van der Waals surface area contributed by atoms with Crippen LogP contribution in [0.15, 0.2) is 6.33 Å². The summed E-state index contributed by atoms with van der Waals surface area (Å²) in [5.41, 5.74) is 5.57. The molecule has 1 heterocycles. The molecule has 17 heavy (non-hydrogen) atoms. The van der Waals surface area contributed by atoms with Crippen molar-refractivity contribution >= 4 is 0 Å². The van der Waals surface area contributed by atoms with Crippen LogP contribution >= 0.6 is 0 Å². The average molecular weight is 239 g/mol. The molecule has 2 N–H and O–H groups in total. The van der Waals surface area contributed by atoms with Crippen molar-refractivity contribution in [1.82, 2.24) is 19.7 Å². The Balaban J connectivity index is 2.68. The van der Waals surface area contributed by atoms with Crippen LogP contribution in [0.1, 0.15) is 46.0 Å². The van der Waals surface area contributed by atoms with Crippen molar-refractivity contribution in [3.05, 3.63) is 12.2 Å². The molecule has 0 saturated carbocycles. The van der Waals surface area contributed by atoms with Crippen LogP contribution in [-0.2, 0) is 6.54 Å². The first-order valence-electron chi connectivity index (χ1n) is 6.38. The zero-order valence-corrected chi connectivity index (χ0v) is 11.4. The first-order chi connectivity index (χ1) is 8.06. The Bertz CT molecular complexity index is 318. The van der Waals surface area contributed by atoms with E-state index in [1.807, 2.05) is 4.68 Å². The van der Waals surface area contributed by atoms with Crippen LogP contribution < -0.4 is 5.73 Å². The van der Waals surface area contributed by atoms with E-state index in [0.717, 1.165) is 31.9 Å². The highest BCUT2D eigenvalue weighted by atomic mass is 15.4. The predicted octanol–water partition coefficient (Wildman–Crippen LogP) is 1.42. The lowest BCUT2D eigenvalue weighted by Crippen LogP contribution is -2.33. The van der Waals surface area contributed by atoms with Crippen LogP contribution in [0.5, 0.6) is 0 Å². The molecule has 0 unspecified atom stereocenters. The van der Waals surface area contributed by atoms with Crippen LogP contribution in [0, 0.1) is 0 Å². The summed E-state index contributed by atoms with van der Waals surface area (Å²) >= 11 is 0. The van der Waals surface area contributed by atoms with Gasteiger partial charge in [-0.3, -0.25) is 4.90 Å². The summed E-state index contributed by atoms with van der Waals surface area (Å²) in [7, 11) is 0. The van der Waals surface area contributed by atoms with E-state index in [0.29, 0.717) is 12.1 Å². The highest BCUT2D eigenvalue weighted by Crippen LogP contribution is 2.10. The summed E-state index contributed by atoms with van der Waals surface area (Å²) in [5, 5.41) is 4.26. The number of aromatic nitrogens is 3. The highest BCUT2D eigenvalue weighted by molar-refractivity contribution is 4.87. The maximum atomic E-state index is 5.57. The molecule has 1 aromatic rings. The molecule has 0 fully saturated rings.